The number of nitrogens with zero attached hydrogens (tertiary/aromatic N) is 2. The highest BCUT2D eigenvalue weighted by Crippen LogP contribution is 2.38. The molecule has 6 heteroatoms. The van der Waals surface area contributed by atoms with Crippen LogP contribution in [-0.4, -0.2) is 32.4 Å². The molecule has 6 nitrogen and oxygen atoms in total. The van der Waals surface area contributed by atoms with Crippen molar-refractivity contribution >= 4 is 11.8 Å². The van der Waals surface area contributed by atoms with E-state index in [1.807, 2.05) is 0 Å². The van der Waals surface area contributed by atoms with Gasteiger partial charge in [0.1, 0.15) is 0 Å². The SMILES string of the molecule is CCCCCCCCCCC(CCCCCCCC)CC1=C2C(=O)N(O)C=C2C(=O)N1O. The lowest BCUT2D eigenvalue weighted by molar-refractivity contribution is -0.152. The molecule has 2 aliphatic heterocycles. The predicted octanol–water partition coefficient (Wildman–Crippen LogP) is 6.87. The first-order chi connectivity index (χ1) is 15.5. The maximum Gasteiger partial charge on any atom is 0.284 e. The van der Waals surface area contributed by atoms with Gasteiger partial charge < -0.3 is 0 Å². The second kappa shape index (κ2) is 14.5. The highest BCUT2D eigenvalue weighted by atomic mass is 16.5. The fourth-order valence-electron chi connectivity index (χ4n) is 4.85. The summed E-state index contributed by atoms with van der Waals surface area (Å²) in [6.07, 6.45) is 21.2. The zero-order valence-corrected chi connectivity index (χ0v) is 20.3. The summed E-state index contributed by atoms with van der Waals surface area (Å²) in [5.74, 6) is -0.915. The van der Waals surface area contributed by atoms with Gasteiger partial charge in [0, 0.05) is 0 Å². The van der Waals surface area contributed by atoms with E-state index < -0.39 is 11.8 Å². The third kappa shape index (κ3) is 7.73. The molecule has 2 heterocycles. The van der Waals surface area contributed by atoms with Gasteiger partial charge in [0.25, 0.3) is 11.8 Å². The summed E-state index contributed by atoms with van der Waals surface area (Å²) in [5, 5.41) is 21.1. The van der Waals surface area contributed by atoms with E-state index in [1.54, 1.807) is 0 Å². The number of allylic oxidation sites excluding steroid dienone is 1. The van der Waals surface area contributed by atoms with Gasteiger partial charge in [-0.25, -0.2) is 0 Å². The van der Waals surface area contributed by atoms with Crippen molar-refractivity contribution in [3.63, 3.8) is 0 Å². The van der Waals surface area contributed by atoms with Gasteiger partial charge in [0.05, 0.1) is 23.0 Å². The fourth-order valence-corrected chi connectivity index (χ4v) is 4.85. The van der Waals surface area contributed by atoms with Gasteiger partial charge in [-0.1, -0.05) is 117 Å². The van der Waals surface area contributed by atoms with Crippen LogP contribution in [0.25, 0.3) is 0 Å². The molecule has 1 atom stereocenters. The van der Waals surface area contributed by atoms with Gasteiger partial charge in [-0.05, 0) is 12.3 Å². The van der Waals surface area contributed by atoms with Gasteiger partial charge in [0.15, 0.2) is 0 Å². The van der Waals surface area contributed by atoms with Crippen LogP contribution in [0.1, 0.15) is 123 Å². The molecule has 1 unspecified atom stereocenters. The lowest BCUT2D eigenvalue weighted by Crippen LogP contribution is -2.25. The van der Waals surface area contributed by atoms with Crippen molar-refractivity contribution in [1.82, 2.24) is 10.1 Å². The van der Waals surface area contributed by atoms with Crippen molar-refractivity contribution < 1.29 is 20.0 Å². The molecule has 0 aromatic rings. The van der Waals surface area contributed by atoms with Crippen molar-refractivity contribution in [2.75, 3.05) is 0 Å². The van der Waals surface area contributed by atoms with E-state index in [0.29, 0.717) is 28.2 Å². The Balaban J connectivity index is 1.89. The van der Waals surface area contributed by atoms with Crippen LogP contribution in [0.2, 0.25) is 0 Å². The number of amides is 2. The second-order valence-electron chi connectivity index (χ2n) is 9.52. The van der Waals surface area contributed by atoms with Crippen LogP contribution in [0.4, 0.5) is 0 Å². The topological polar surface area (TPSA) is 81.1 Å². The Bertz CT molecular complexity index is 671. The Hall–Kier alpha value is -1.66. The van der Waals surface area contributed by atoms with Gasteiger partial charge in [0.2, 0.25) is 0 Å². The molecule has 0 aliphatic carbocycles. The maximum absolute atomic E-state index is 12.3. The summed E-state index contributed by atoms with van der Waals surface area (Å²) >= 11 is 0. The van der Waals surface area contributed by atoms with E-state index in [4.69, 9.17) is 0 Å². The molecule has 0 bridgehead atoms. The van der Waals surface area contributed by atoms with E-state index in [0.717, 1.165) is 31.9 Å². The molecule has 0 saturated carbocycles. The smallest absolute Gasteiger partial charge is 0.281 e. The zero-order chi connectivity index (χ0) is 23.3. The molecule has 0 aromatic heterocycles. The van der Waals surface area contributed by atoms with E-state index in [1.165, 1.54) is 77.0 Å². The minimum atomic E-state index is -0.620. The van der Waals surface area contributed by atoms with E-state index in [-0.39, 0.29) is 11.1 Å². The molecular weight excluding hydrogens is 404 g/mol. The Kier molecular flexibility index (Phi) is 12.0. The van der Waals surface area contributed by atoms with Crippen LogP contribution in [0, 0.1) is 5.92 Å². The fraction of sp³-hybridized carbons (Fsp3) is 0.769. The summed E-state index contributed by atoms with van der Waals surface area (Å²) in [7, 11) is 0. The molecule has 0 spiro atoms. The highest BCUT2D eigenvalue weighted by Gasteiger charge is 2.44. The predicted molar refractivity (Wildman–Crippen MR) is 126 cm³/mol. The molecule has 0 aromatic carbocycles. The average molecular weight is 449 g/mol. The lowest BCUT2D eigenvalue weighted by Gasteiger charge is -2.21. The summed E-state index contributed by atoms with van der Waals surface area (Å²) < 4.78 is 0. The zero-order valence-electron chi connectivity index (χ0n) is 20.3. The minimum absolute atomic E-state index is 0.0976. The number of fused-ring (bicyclic) bond motifs is 1. The third-order valence-corrected chi connectivity index (χ3v) is 6.82. The molecule has 182 valence electrons. The number of hydroxylamine groups is 4. The van der Waals surface area contributed by atoms with Crippen LogP contribution in [-0.2, 0) is 9.59 Å². The van der Waals surface area contributed by atoms with E-state index >= 15 is 0 Å². The van der Waals surface area contributed by atoms with Gasteiger partial charge >= 0.3 is 0 Å². The molecule has 0 saturated heterocycles. The first-order valence-electron chi connectivity index (χ1n) is 13.0. The maximum atomic E-state index is 12.3. The molecule has 2 amide bonds. The molecule has 0 radical (unpaired) electrons. The van der Waals surface area contributed by atoms with Gasteiger partial charge in [-0.3, -0.25) is 20.0 Å². The molecule has 0 fully saturated rings. The quantitative estimate of drug-likeness (QED) is 0.177. The van der Waals surface area contributed by atoms with E-state index in [2.05, 4.69) is 13.8 Å². The summed E-state index contributed by atoms with van der Waals surface area (Å²) in [5.41, 5.74) is 0.627. The molecule has 2 rings (SSSR count). The van der Waals surface area contributed by atoms with Crippen LogP contribution in [0.3, 0.4) is 0 Å². The van der Waals surface area contributed by atoms with Crippen molar-refractivity contribution in [3.05, 3.63) is 23.0 Å². The number of hydrogen-bond acceptors (Lipinski definition) is 4. The van der Waals surface area contributed by atoms with Crippen LogP contribution in [0.5, 0.6) is 0 Å². The largest absolute Gasteiger partial charge is 0.284 e. The van der Waals surface area contributed by atoms with Gasteiger partial charge in [-0.2, -0.15) is 10.1 Å². The summed E-state index contributed by atoms with van der Waals surface area (Å²) in [4.78, 5) is 24.6. The summed E-state index contributed by atoms with van der Waals surface area (Å²) in [6.45, 7) is 4.46. The molecule has 2 aliphatic rings. The standard InChI is InChI=1S/C26H44N2O4/c1-3-5-7-9-11-12-14-16-18-21(17-15-13-10-8-6-4-2)19-23-24-22(25(29)28(23)32)20-27(31)26(24)30/h20-21,31-32H,3-19H2,1-2H3. The molecular formula is C26H44N2O4. The minimum Gasteiger partial charge on any atom is -0.281 e. The molecule has 32 heavy (non-hydrogen) atoms. The molecule has 2 N–H and O–H groups in total. The van der Waals surface area contributed by atoms with Crippen molar-refractivity contribution in [2.45, 2.75) is 123 Å². The average Bonchev–Trinajstić information content (AvgIpc) is 3.20. The number of carbonyl (C=O) groups excluding carboxylic acids is 2. The van der Waals surface area contributed by atoms with E-state index in [9.17, 15) is 20.0 Å². The Labute approximate surface area is 194 Å². The first kappa shape index (κ1) is 26.6. The van der Waals surface area contributed by atoms with Crippen molar-refractivity contribution in [2.24, 2.45) is 5.92 Å². The Morgan fingerprint density at radius 3 is 1.69 bits per heavy atom. The second-order valence-corrected chi connectivity index (χ2v) is 9.52. The van der Waals surface area contributed by atoms with Crippen LogP contribution < -0.4 is 0 Å². The Morgan fingerprint density at radius 2 is 1.19 bits per heavy atom. The van der Waals surface area contributed by atoms with Crippen LogP contribution >= 0.6 is 0 Å². The number of unbranched alkanes of at least 4 members (excludes halogenated alkanes) is 12. The monoisotopic (exact) mass is 448 g/mol. The lowest BCUT2D eigenvalue weighted by atomic mass is 9.89. The highest BCUT2D eigenvalue weighted by molar-refractivity contribution is 6.17. The first-order valence-corrected chi connectivity index (χ1v) is 13.0. The third-order valence-electron chi connectivity index (χ3n) is 6.82. The van der Waals surface area contributed by atoms with Crippen LogP contribution in [0.15, 0.2) is 23.0 Å². The van der Waals surface area contributed by atoms with Gasteiger partial charge in [-0.15, -0.1) is 0 Å². The number of hydrogen-bond donors (Lipinski definition) is 2. The number of rotatable bonds is 18. The summed E-state index contributed by atoms with van der Waals surface area (Å²) in [6, 6.07) is 0. The normalized spacial score (nSPS) is 16.9. The number of carbonyl (C=O) groups is 2. The van der Waals surface area contributed by atoms with Crippen molar-refractivity contribution in [1.29, 1.82) is 0 Å². The van der Waals surface area contributed by atoms with Crippen molar-refractivity contribution in [3.8, 4) is 0 Å². The Morgan fingerprint density at radius 1 is 0.719 bits per heavy atom.